The first-order valence-corrected chi connectivity index (χ1v) is 20.1. The van der Waals surface area contributed by atoms with Crippen LogP contribution in [0.1, 0.15) is 48.8 Å². The van der Waals surface area contributed by atoms with Crippen LogP contribution in [-0.4, -0.2) is 14.5 Å². The third kappa shape index (κ3) is 5.11. The van der Waals surface area contributed by atoms with Gasteiger partial charge in [-0.2, -0.15) is 0 Å². The Morgan fingerprint density at radius 3 is 1.84 bits per heavy atom. The first-order valence-electron chi connectivity index (χ1n) is 20.1. The van der Waals surface area contributed by atoms with Crippen molar-refractivity contribution in [2.75, 3.05) is 0 Å². The van der Waals surface area contributed by atoms with Gasteiger partial charge >= 0.3 is 0 Å². The van der Waals surface area contributed by atoms with Gasteiger partial charge in [-0.15, -0.1) is 0 Å². The molecule has 56 heavy (non-hydrogen) atoms. The van der Waals surface area contributed by atoms with Crippen molar-refractivity contribution >= 4 is 21.8 Å². The van der Waals surface area contributed by atoms with Crippen LogP contribution in [0.2, 0.25) is 0 Å². The second kappa shape index (κ2) is 13.3. The number of hydrogen-bond donors (Lipinski definition) is 0. The Labute approximate surface area is 328 Å². The summed E-state index contributed by atoms with van der Waals surface area (Å²) < 4.78 is 2.31. The Kier molecular flexibility index (Phi) is 7.80. The summed E-state index contributed by atoms with van der Waals surface area (Å²) in [6.45, 7) is 0. The van der Waals surface area contributed by atoms with Crippen LogP contribution in [0.15, 0.2) is 182 Å². The van der Waals surface area contributed by atoms with Crippen LogP contribution < -0.4 is 0 Å². The summed E-state index contributed by atoms with van der Waals surface area (Å²) in [4.78, 5) is 10.8. The third-order valence-electron chi connectivity index (χ3n) is 12.6. The third-order valence-corrected chi connectivity index (χ3v) is 12.6. The van der Waals surface area contributed by atoms with Crippen molar-refractivity contribution in [1.29, 1.82) is 0 Å². The summed E-state index contributed by atoms with van der Waals surface area (Å²) in [5.74, 6) is 1.19. The van der Waals surface area contributed by atoms with E-state index in [1.807, 2.05) is 0 Å². The largest absolute Gasteiger partial charge is 0.278 e. The van der Waals surface area contributed by atoms with Gasteiger partial charge in [0, 0.05) is 27.3 Å². The quantitative estimate of drug-likeness (QED) is 0.171. The highest BCUT2D eigenvalue weighted by Crippen LogP contribution is 2.60. The molecule has 0 amide bonds. The predicted molar refractivity (Wildman–Crippen MR) is 231 cm³/mol. The molecule has 3 heteroatoms. The maximum atomic E-state index is 5.45. The number of benzene rings is 7. The maximum Gasteiger partial charge on any atom is 0.235 e. The molecule has 0 bridgehead atoms. The first kappa shape index (κ1) is 32.8. The fraction of sp³-hybridized carbons (Fsp3) is 0.132. The van der Waals surface area contributed by atoms with Crippen molar-refractivity contribution < 1.29 is 0 Å². The molecule has 1 atom stereocenters. The van der Waals surface area contributed by atoms with E-state index in [0.29, 0.717) is 11.9 Å². The number of para-hydroxylation sites is 1. The van der Waals surface area contributed by atoms with Gasteiger partial charge in [-0.3, -0.25) is 4.57 Å². The molecule has 0 N–H and O–H groups in total. The molecule has 2 heterocycles. The Morgan fingerprint density at radius 1 is 0.429 bits per heavy atom. The summed E-state index contributed by atoms with van der Waals surface area (Å²) in [7, 11) is 0. The SMILES string of the molecule is c1ccc(-c2cccc(-c3cc(-c4ccccc4)nc(-n4c5ccccc5c5cc6c(cc54)-c4ccccc4C6(c4ccccc4)C4CCCCC4)n3)c2)cc1. The predicted octanol–water partition coefficient (Wildman–Crippen LogP) is 13.5. The average Bonchev–Trinajstić information content (AvgIpc) is 3.76. The minimum Gasteiger partial charge on any atom is -0.278 e. The lowest BCUT2D eigenvalue weighted by atomic mass is 9.60. The highest BCUT2D eigenvalue weighted by molar-refractivity contribution is 6.11. The topological polar surface area (TPSA) is 30.7 Å². The van der Waals surface area contributed by atoms with Crippen LogP contribution in [0.3, 0.4) is 0 Å². The van der Waals surface area contributed by atoms with E-state index in [-0.39, 0.29) is 5.41 Å². The van der Waals surface area contributed by atoms with Gasteiger partial charge in [0.1, 0.15) is 0 Å². The van der Waals surface area contributed by atoms with E-state index in [0.717, 1.165) is 39.1 Å². The summed E-state index contributed by atoms with van der Waals surface area (Å²) in [5.41, 5.74) is 15.2. The van der Waals surface area contributed by atoms with Crippen LogP contribution in [-0.2, 0) is 5.41 Å². The van der Waals surface area contributed by atoms with Crippen LogP contribution in [0.5, 0.6) is 0 Å². The lowest BCUT2D eigenvalue weighted by molar-refractivity contribution is 0.275. The van der Waals surface area contributed by atoms with Crippen LogP contribution in [0, 0.1) is 5.92 Å². The van der Waals surface area contributed by atoms with Gasteiger partial charge in [0.15, 0.2) is 0 Å². The van der Waals surface area contributed by atoms with Crippen molar-refractivity contribution in [2.45, 2.75) is 37.5 Å². The van der Waals surface area contributed by atoms with E-state index in [9.17, 15) is 0 Å². The highest BCUT2D eigenvalue weighted by Gasteiger charge is 2.50. The maximum absolute atomic E-state index is 5.45. The summed E-state index contributed by atoms with van der Waals surface area (Å²) >= 11 is 0. The molecular weight excluding hydrogens is 679 g/mol. The van der Waals surface area contributed by atoms with E-state index in [4.69, 9.17) is 9.97 Å². The standard InChI is InChI=1S/C53H41N3/c1-5-18-36(19-6-1)38-22-17-23-39(32-38)49-35-48(37-20-7-2-8-21-37)54-52(55-49)56-50-31-16-14-29-43(50)45-33-47-44(34-51(45)56)42-28-13-15-30-46(42)53(47,40-24-9-3-10-25-40)41-26-11-4-12-27-41/h1-3,5-10,13-25,28-35,41H,4,11-12,26-27H2. The lowest BCUT2D eigenvalue weighted by Gasteiger charge is -2.42. The Balaban J connectivity index is 1.19. The molecule has 2 aliphatic rings. The molecule has 3 nitrogen and oxygen atoms in total. The zero-order valence-electron chi connectivity index (χ0n) is 31.3. The molecule has 1 saturated carbocycles. The van der Waals surface area contributed by atoms with Gasteiger partial charge in [0.25, 0.3) is 0 Å². The van der Waals surface area contributed by atoms with Crippen LogP contribution >= 0.6 is 0 Å². The van der Waals surface area contributed by atoms with Gasteiger partial charge in [-0.1, -0.05) is 171 Å². The van der Waals surface area contributed by atoms with Gasteiger partial charge < -0.3 is 0 Å². The van der Waals surface area contributed by atoms with Gasteiger partial charge in [-0.25, -0.2) is 9.97 Å². The minimum absolute atomic E-state index is 0.217. The number of nitrogens with zero attached hydrogens (tertiary/aromatic N) is 3. The molecule has 0 saturated heterocycles. The number of aromatic nitrogens is 3. The summed E-state index contributed by atoms with van der Waals surface area (Å²) in [6.07, 6.45) is 6.35. The molecule has 0 aliphatic heterocycles. The second-order valence-electron chi connectivity index (χ2n) is 15.6. The molecule has 7 aromatic carbocycles. The number of fused-ring (bicyclic) bond motifs is 6. The summed E-state index contributed by atoms with van der Waals surface area (Å²) in [6, 6.07) is 66.4. The van der Waals surface area contributed by atoms with E-state index < -0.39 is 0 Å². The molecule has 2 aliphatic carbocycles. The highest BCUT2D eigenvalue weighted by atomic mass is 15.2. The molecule has 9 aromatic rings. The molecule has 268 valence electrons. The fourth-order valence-corrected chi connectivity index (χ4v) is 10.1. The van der Waals surface area contributed by atoms with E-state index in [1.54, 1.807) is 0 Å². The van der Waals surface area contributed by atoms with E-state index in [1.165, 1.54) is 76.3 Å². The Morgan fingerprint density at radius 2 is 1.05 bits per heavy atom. The van der Waals surface area contributed by atoms with E-state index >= 15 is 0 Å². The zero-order valence-corrected chi connectivity index (χ0v) is 31.3. The Hall–Kier alpha value is -6.58. The van der Waals surface area contributed by atoms with Crippen molar-refractivity contribution in [1.82, 2.24) is 14.5 Å². The normalized spacial score (nSPS) is 16.6. The molecular formula is C53H41N3. The van der Waals surface area contributed by atoms with Gasteiger partial charge in [0.2, 0.25) is 5.95 Å². The molecule has 2 aromatic heterocycles. The number of hydrogen-bond acceptors (Lipinski definition) is 2. The monoisotopic (exact) mass is 719 g/mol. The molecule has 1 unspecified atom stereocenters. The van der Waals surface area contributed by atoms with Crippen molar-refractivity contribution in [3.05, 3.63) is 199 Å². The van der Waals surface area contributed by atoms with Gasteiger partial charge in [-0.05, 0) is 88.0 Å². The molecule has 0 radical (unpaired) electrons. The molecule has 11 rings (SSSR count). The van der Waals surface area contributed by atoms with Crippen LogP contribution in [0.4, 0.5) is 0 Å². The fourth-order valence-electron chi connectivity index (χ4n) is 10.1. The minimum atomic E-state index is -0.217. The molecule has 1 fully saturated rings. The van der Waals surface area contributed by atoms with Crippen molar-refractivity contribution in [3.63, 3.8) is 0 Å². The smallest absolute Gasteiger partial charge is 0.235 e. The van der Waals surface area contributed by atoms with Crippen LogP contribution in [0.25, 0.3) is 72.5 Å². The van der Waals surface area contributed by atoms with Gasteiger partial charge in [0.05, 0.1) is 22.4 Å². The number of rotatable bonds is 6. The molecule has 0 spiro atoms. The average molecular weight is 720 g/mol. The lowest BCUT2D eigenvalue weighted by Crippen LogP contribution is -2.37. The Bertz CT molecular complexity index is 2890. The summed E-state index contributed by atoms with van der Waals surface area (Å²) in [5, 5.41) is 2.46. The zero-order chi connectivity index (χ0) is 37.1. The van der Waals surface area contributed by atoms with E-state index in [2.05, 4.69) is 187 Å². The first-order chi connectivity index (χ1) is 27.8. The second-order valence-corrected chi connectivity index (χ2v) is 15.6. The van der Waals surface area contributed by atoms with Crippen molar-refractivity contribution in [2.24, 2.45) is 5.92 Å². The van der Waals surface area contributed by atoms with Crippen molar-refractivity contribution in [3.8, 4) is 50.7 Å².